The van der Waals surface area contributed by atoms with Gasteiger partial charge in [-0.3, -0.25) is 19.5 Å². The van der Waals surface area contributed by atoms with Gasteiger partial charge in [0.1, 0.15) is 6.54 Å². The molecule has 2 rings (SSSR count). The third-order valence-electron chi connectivity index (χ3n) is 3.17. The first-order valence-corrected chi connectivity index (χ1v) is 6.78. The molecule has 0 aliphatic rings. The number of ketones is 1. The van der Waals surface area contributed by atoms with Gasteiger partial charge in [0.15, 0.2) is 5.78 Å². The molecule has 0 saturated carbocycles. The Labute approximate surface area is 123 Å². The Hall–Kier alpha value is -1.95. The first kappa shape index (κ1) is 14.5. The molecule has 0 aliphatic heterocycles. The number of Topliss-reactive ketones (excluding diaryl/α,β-unsaturated/α-hetero) is 1. The van der Waals surface area contributed by atoms with Gasteiger partial charge in [-0.2, -0.15) is 0 Å². The predicted molar refractivity (Wildman–Crippen MR) is 79.3 cm³/mol. The lowest BCUT2D eigenvalue weighted by atomic mass is 10.1. The number of aromatic amines is 1. The molecule has 0 saturated heterocycles. The quantitative estimate of drug-likeness (QED) is 0.868. The first-order chi connectivity index (χ1) is 9.40. The van der Waals surface area contributed by atoms with Crippen LogP contribution in [0, 0.1) is 13.8 Å². The fourth-order valence-corrected chi connectivity index (χ4v) is 2.04. The predicted octanol–water partition coefficient (Wildman–Crippen LogP) is 1.80. The molecule has 20 heavy (non-hydrogen) atoms. The summed E-state index contributed by atoms with van der Waals surface area (Å²) in [6, 6.07) is 6.82. The van der Waals surface area contributed by atoms with E-state index in [0.717, 1.165) is 9.15 Å². The van der Waals surface area contributed by atoms with E-state index in [0.29, 0.717) is 16.7 Å². The van der Waals surface area contributed by atoms with E-state index in [1.807, 2.05) is 0 Å². The van der Waals surface area contributed by atoms with Crippen molar-refractivity contribution in [3.8, 4) is 0 Å². The maximum atomic E-state index is 12.1. The van der Waals surface area contributed by atoms with Crippen molar-refractivity contribution in [3.63, 3.8) is 0 Å². The Morgan fingerprint density at radius 3 is 2.35 bits per heavy atom. The van der Waals surface area contributed by atoms with Crippen molar-refractivity contribution in [1.29, 1.82) is 0 Å². The van der Waals surface area contributed by atoms with Gasteiger partial charge in [0.25, 0.3) is 11.1 Å². The number of hydrogen-bond acceptors (Lipinski definition) is 3. The zero-order chi connectivity index (χ0) is 14.9. The highest BCUT2D eigenvalue weighted by molar-refractivity contribution is 9.10. The van der Waals surface area contributed by atoms with E-state index in [4.69, 9.17) is 0 Å². The first-order valence-electron chi connectivity index (χ1n) is 5.99. The van der Waals surface area contributed by atoms with E-state index in [9.17, 15) is 14.4 Å². The lowest BCUT2D eigenvalue weighted by Gasteiger charge is -2.07. The van der Waals surface area contributed by atoms with Crippen LogP contribution in [0.5, 0.6) is 0 Å². The number of rotatable bonds is 3. The summed E-state index contributed by atoms with van der Waals surface area (Å²) in [6.07, 6.45) is 0. The molecule has 0 fully saturated rings. The summed E-state index contributed by atoms with van der Waals surface area (Å²) in [5, 5.41) is 2.42. The van der Waals surface area contributed by atoms with Gasteiger partial charge in [-0.15, -0.1) is 0 Å². The van der Waals surface area contributed by atoms with E-state index in [2.05, 4.69) is 21.0 Å². The highest BCUT2D eigenvalue weighted by atomic mass is 79.9. The Morgan fingerprint density at radius 2 is 1.75 bits per heavy atom. The van der Waals surface area contributed by atoms with Gasteiger partial charge in [0.2, 0.25) is 0 Å². The summed E-state index contributed by atoms with van der Waals surface area (Å²) in [5.41, 5.74) is 0.511. The van der Waals surface area contributed by atoms with Crippen LogP contribution in [0.3, 0.4) is 0 Å². The molecule has 0 bridgehead atoms. The Bertz CT molecular complexity index is 772. The number of nitrogens with one attached hydrogen (secondary N) is 1. The summed E-state index contributed by atoms with van der Waals surface area (Å²) >= 11 is 3.29. The van der Waals surface area contributed by atoms with Crippen molar-refractivity contribution in [2.75, 3.05) is 0 Å². The Kier molecular flexibility index (Phi) is 4.04. The lowest BCUT2D eigenvalue weighted by molar-refractivity contribution is 0.0965. The molecule has 0 unspecified atom stereocenters. The van der Waals surface area contributed by atoms with Crippen LogP contribution in [0.4, 0.5) is 0 Å². The molecule has 104 valence electrons. The van der Waals surface area contributed by atoms with Crippen LogP contribution >= 0.6 is 15.9 Å². The van der Waals surface area contributed by atoms with Gasteiger partial charge < -0.3 is 0 Å². The van der Waals surface area contributed by atoms with Gasteiger partial charge in [-0.05, 0) is 26.0 Å². The number of carbonyl (C=O) groups excluding carboxylic acids is 1. The fraction of sp³-hybridized carbons (Fsp3) is 0.214. The maximum Gasteiger partial charge on any atom is 0.268 e. The SMILES string of the molecule is Cc1c(C)c(=O)n(CC(=O)c2ccc(Br)cc2)[nH]c1=O. The maximum absolute atomic E-state index is 12.1. The fourth-order valence-electron chi connectivity index (χ4n) is 1.77. The van der Waals surface area contributed by atoms with Crippen LogP contribution in [0.25, 0.3) is 0 Å². The largest absolute Gasteiger partial charge is 0.292 e. The Morgan fingerprint density at radius 1 is 1.15 bits per heavy atom. The minimum absolute atomic E-state index is 0.184. The summed E-state index contributed by atoms with van der Waals surface area (Å²) in [6.45, 7) is 2.97. The number of aromatic nitrogens is 2. The summed E-state index contributed by atoms with van der Waals surface area (Å²) in [5.74, 6) is -0.237. The zero-order valence-electron chi connectivity index (χ0n) is 11.1. The number of benzene rings is 1. The number of carbonyl (C=O) groups is 1. The van der Waals surface area contributed by atoms with Crippen molar-refractivity contribution in [2.45, 2.75) is 20.4 Å². The molecule has 1 aromatic heterocycles. The molecule has 0 radical (unpaired) electrons. The second-order valence-electron chi connectivity index (χ2n) is 4.51. The minimum atomic E-state index is -0.356. The molecule has 5 nitrogen and oxygen atoms in total. The topological polar surface area (TPSA) is 71.9 Å². The average molecular weight is 337 g/mol. The molecule has 0 amide bonds. The normalized spacial score (nSPS) is 10.6. The molecule has 1 N–H and O–H groups in total. The average Bonchev–Trinajstić information content (AvgIpc) is 2.43. The number of H-pyrrole nitrogens is 1. The smallest absolute Gasteiger partial charge is 0.268 e. The van der Waals surface area contributed by atoms with E-state index in [-0.39, 0.29) is 23.4 Å². The van der Waals surface area contributed by atoms with Crippen molar-refractivity contribution >= 4 is 21.7 Å². The molecule has 0 spiro atoms. The van der Waals surface area contributed by atoms with Gasteiger partial charge in [0, 0.05) is 21.2 Å². The van der Waals surface area contributed by atoms with Gasteiger partial charge >= 0.3 is 0 Å². The van der Waals surface area contributed by atoms with Gasteiger partial charge in [-0.25, -0.2) is 4.68 Å². The Balaban J connectivity index is 2.36. The van der Waals surface area contributed by atoms with E-state index in [1.165, 1.54) is 0 Å². The molecule has 2 aromatic rings. The lowest BCUT2D eigenvalue weighted by Crippen LogP contribution is -2.35. The van der Waals surface area contributed by atoms with Crippen LogP contribution < -0.4 is 11.1 Å². The van der Waals surface area contributed by atoms with E-state index in [1.54, 1.807) is 38.1 Å². The summed E-state index contributed by atoms with van der Waals surface area (Å²) < 4.78 is 1.92. The summed E-state index contributed by atoms with van der Waals surface area (Å²) in [4.78, 5) is 35.7. The van der Waals surface area contributed by atoms with E-state index < -0.39 is 0 Å². The number of nitrogens with zero attached hydrogens (tertiary/aromatic N) is 1. The van der Waals surface area contributed by atoms with Crippen molar-refractivity contribution in [2.24, 2.45) is 0 Å². The molecule has 1 aromatic carbocycles. The van der Waals surface area contributed by atoms with Crippen molar-refractivity contribution in [3.05, 3.63) is 66.1 Å². The third kappa shape index (κ3) is 2.80. The van der Waals surface area contributed by atoms with Crippen LogP contribution in [0.1, 0.15) is 21.5 Å². The monoisotopic (exact) mass is 336 g/mol. The van der Waals surface area contributed by atoms with Gasteiger partial charge in [0.05, 0.1) is 0 Å². The number of halogens is 1. The van der Waals surface area contributed by atoms with E-state index >= 15 is 0 Å². The minimum Gasteiger partial charge on any atom is -0.292 e. The molecular formula is C14H13BrN2O3. The van der Waals surface area contributed by atoms with Crippen LogP contribution in [0.15, 0.2) is 38.3 Å². The van der Waals surface area contributed by atoms with Crippen molar-refractivity contribution < 1.29 is 4.79 Å². The molecule has 0 atom stereocenters. The van der Waals surface area contributed by atoms with Crippen LogP contribution in [0.2, 0.25) is 0 Å². The second kappa shape index (κ2) is 5.58. The van der Waals surface area contributed by atoms with Crippen LogP contribution in [-0.2, 0) is 6.54 Å². The summed E-state index contributed by atoms with van der Waals surface area (Å²) in [7, 11) is 0. The van der Waals surface area contributed by atoms with Gasteiger partial charge in [-0.1, -0.05) is 28.1 Å². The van der Waals surface area contributed by atoms with Crippen LogP contribution in [-0.4, -0.2) is 15.6 Å². The second-order valence-corrected chi connectivity index (χ2v) is 5.43. The highest BCUT2D eigenvalue weighted by Crippen LogP contribution is 2.11. The molecular weight excluding hydrogens is 324 g/mol. The molecule has 0 aliphatic carbocycles. The van der Waals surface area contributed by atoms with Crippen molar-refractivity contribution in [1.82, 2.24) is 9.78 Å². The molecule has 1 heterocycles. The third-order valence-corrected chi connectivity index (χ3v) is 3.70. The standard InChI is InChI=1S/C14H13BrN2O3/c1-8-9(2)14(20)17(16-13(8)19)7-12(18)10-3-5-11(15)6-4-10/h3-6H,7H2,1-2H3,(H,16,19). The number of hydrogen-bond donors (Lipinski definition) is 1. The zero-order valence-corrected chi connectivity index (χ0v) is 12.7. The highest BCUT2D eigenvalue weighted by Gasteiger charge is 2.12. The molecule has 6 heteroatoms.